The molecule has 1 aromatic heterocycles. The van der Waals surface area contributed by atoms with Gasteiger partial charge in [-0.2, -0.15) is 5.10 Å². The molecule has 27 heavy (non-hydrogen) atoms. The molecule has 1 unspecified atom stereocenters. The van der Waals surface area contributed by atoms with Crippen molar-refractivity contribution < 1.29 is 19.0 Å². The lowest BCUT2D eigenvalue weighted by Gasteiger charge is -2.45. The zero-order valence-corrected chi connectivity index (χ0v) is 15.8. The Labute approximate surface area is 158 Å². The molecule has 1 aromatic carbocycles. The first-order valence-electron chi connectivity index (χ1n) is 9.42. The van der Waals surface area contributed by atoms with Crippen molar-refractivity contribution in [3.8, 4) is 5.69 Å². The van der Waals surface area contributed by atoms with Crippen LogP contribution in [0.5, 0.6) is 0 Å². The van der Waals surface area contributed by atoms with E-state index in [1.807, 2.05) is 48.1 Å². The maximum absolute atomic E-state index is 12.0. The van der Waals surface area contributed by atoms with Gasteiger partial charge in [-0.1, -0.05) is 18.2 Å². The number of piperidine rings is 1. The van der Waals surface area contributed by atoms with E-state index in [0.29, 0.717) is 39.0 Å². The highest BCUT2D eigenvalue weighted by molar-refractivity contribution is 5.67. The summed E-state index contributed by atoms with van der Waals surface area (Å²) >= 11 is 0. The maximum atomic E-state index is 12.0. The Bertz CT molecular complexity index is 797. The Kier molecular flexibility index (Phi) is 4.88. The summed E-state index contributed by atoms with van der Waals surface area (Å²) in [6.07, 6.45) is 3.36. The predicted octanol–water partition coefficient (Wildman–Crippen LogP) is 2.87. The Balaban J connectivity index is 1.65. The molecule has 2 aliphatic heterocycles. The fourth-order valence-electron chi connectivity index (χ4n) is 4.04. The van der Waals surface area contributed by atoms with Gasteiger partial charge in [-0.25, -0.2) is 9.48 Å². The normalized spacial score (nSPS) is 21.1. The number of carbonyl (C=O) groups excluding carboxylic acids is 1. The Morgan fingerprint density at radius 1 is 1.30 bits per heavy atom. The molecule has 0 saturated carbocycles. The minimum Gasteiger partial charge on any atom is -0.450 e. The molecular formula is C20H25N3O4. The molecule has 1 fully saturated rings. The van der Waals surface area contributed by atoms with E-state index in [1.54, 1.807) is 12.0 Å². The van der Waals surface area contributed by atoms with Gasteiger partial charge in [0.15, 0.2) is 6.29 Å². The summed E-state index contributed by atoms with van der Waals surface area (Å²) in [6.45, 7) is 3.38. The van der Waals surface area contributed by atoms with Crippen molar-refractivity contribution in [2.45, 2.75) is 38.1 Å². The zero-order chi connectivity index (χ0) is 18.9. The number of para-hydroxylation sites is 1. The van der Waals surface area contributed by atoms with Gasteiger partial charge in [0.1, 0.15) is 5.60 Å². The van der Waals surface area contributed by atoms with Gasteiger partial charge in [0, 0.05) is 32.2 Å². The lowest BCUT2D eigenvalue weighted by molar-refractivity contribution is -0.226. The van der Waals surface area contributed by atoms with Crippen molar-refractivity contribution in [2.75, 3.05) is 26.8 Å². The van der Waals surface area contributed by atoms with Crippen LogP contribution in [0, 0.1) is 0 Å². The number of benzene rings is 1. The monoisotopic (exact) mass is 371 g/mol. The van der Waals surface area contributed by atoms with E-state index in [2.05, 4.69) is 5.10 Å². The van der Waals surface area contributed by atoms with E-state index in [9.17, 15) is 4.79 Å². The van der Waals surface area contributed by atoms with Crippen LogP contribution in [0.3, 0.4) is 0 Å². The van der Waals surface area contributed by atoms with Crippen LogP contribution >= 0.6 is 0 Å². The summed E-state index contributed by atoms with van der Waals surface area (Å²) < 4.78 is 19.1. The van der Waals surface area contributed by atoms with Crippen molar-refractivity contribution in [2.24, 2.45) is 0 Å². The molecular weight excluding hydrogens is 346 g/mol. The van der Waals surface area contributed by atoms with Crippen molar-refractivity contribution in [3.63, 3.8) is 0 Å². The summed E-state index contributed by atoms with van der Waals surface area (Å²) in [6, 6.07) is 10.1. The fourth-order valence-corrected chi connectivity index (χ4v) is 4.04. The van der Waals surface area contributed by atoms with E-state index >= 15 is 0 Å². The van der Waals surface area contributed by atoms with E-state index in [0.717, 1.165) is 16.9 Å². The van der Waals surface area contributed by atoms with Crippen molar-refractivity contribution >= 4 is 6.09 Å². The minimum absolute atomic E-state index is 0.258. The van der Waals surface area contributed by atoms with E-state index in [1.165, 1.54) is 0 Å². The highest BCUT2D eigenvalue weighted by Crippen LogP contribution is 2.44. The third kappa shape index (κ3) is 3.21. The number of aromatic nitrogens is 2. The first kappa shape index (κ1) is 18.0. The van der Waals surface area contributed by atoms with Gasteiger partial charge < -0.3 is 19.1 Å². The van der Waals surface area contributed by atoms with Gasteiger partial charge in [-0.3, -0.25) is 0 Å². The average molecular weight is 371 g/mol. The number of nitrogens with zero attached hydrogens (tertiary/aromatic N) is 3. The van der Waals surface area contributed by atoms with Crippen LogP contribution < -0.4 is 0 Å². The summed E-state index contributed by atoms with van der Waals surface area (Å²) in [5.41, 5.74) is 2.76. The predicted molar refractivity (Wildman–Crippen MR) is 98.7 cm³/mol. The highest BCUT2D eigenvalue weighted by Gasteiger charge is 2.46. The SMILES string of the molecule is CCOC(=O)N1CCC2(CC1)OC(OC)Cc1c2cnn1-c1ccccc1. The molecule has 1 amide bonds. The molecule has 0 bridgehead atoms. The molecule has 3 heterocycles. The number of ether oxygens (including phenoxy) is 3. The average Bonchev–Trinajstić information content (AvgIpc) is 3.14. The van der Waals surface area contributed by atoms with Gasteiger partial charge in [-0.05, 0) is 31.9 Å². The van der Waals surface area contributed by atoms with Gasteiger partial charge in [0.25, 0.3) is 0 Å². The maximum Gasteiger partial charge on any atom is 0.409 e. The molecule has 2 aromatic rings. The number of hydrogen-bond donors (Lipinski definition) is 0. The molecule has 0 N–H and O–H groups in total. The van der Waals surface area contributed by atoms with Crippen LogP contribution in [-0.4, -0.2) is 53.9 Å². The van der Waals surface area contributed by atoms with Gasteiger partial charge in [0.2, 0.25) is 0 Å². The van der Waals surface area contributed by atoms with Crippen molar-refractivity contribution in [3.05, 3.63) is 47.8 Å². The second-order valence-electron chi connectivity index (χ2n) is 6.92. The van der Waals surface area contributed by atoms with Crippen molar-refractivity contribution in [1.82, 2.24) is 14.7 Å². The van der Waals surface area contributed by atoms with Crippen LogP contribution in [0.4, 0.5) is 4.79 Å². The molecule has 0 radical (unpaired) electrons. The zero-order valence-electron chi connectivity index (χ0n) is 15.8. The quantitative estimate of drug-likeness (QED) is 0.830. The van der Waals surface area contributed by atoms with Gasteiger partial charge >= 0.3 is 6.09 Å². The Hall–Kier alpha value is -2.38. The molecule has 7 heteroatoms. The Morgan fingerprint density at radius 2 is 2.04 bits per heavy atom. The molecule has 0 aliphatic carbocycles. The minimum atomic E-state index is -0.482. The molecule has 7 nitrogen and oxygen atoms in total. The summed E-state index contributed by atoms with van der Waals surface area (Å²) in [4.78, 5) is 13.8. The molecule has 1 atom stereocenters. The lowest BCUT2D eigenvalue weighted by Crippen LogP contribution is -2.50. The van der Waals surface area contributed by atoms with Gasteiger partial charge in [0.05, 0.1) is 24.2 Å². The number of hydrogen-bond acceptors (Lipinski definition) is 5. The first-order chi connectivity index (χ1) is 13.2. The van der Waals surface area contributed by atoms with Crippen LogP contribution in [0.25, 0.3) is 5.69 Å². The van der Waals surface area contributed by atoms with Crippen LogP contribution in [0.15, 0.2) is 36.5 Å². The molecule has 2 aliphatic rings. The lowest BCUT2D eigenvalue weighted by atomic mass is 9.82. The number of methoxy groups -OCH3 is 1. The molecule has 144 valence electrons. The first-order valence-corrected chi connectivity index (χ1v) is 9.42. The second-order valence-corrected chi connectivity index (χ2v) is 6.92. The van der Waals surface area contributed by atoms with E-state index < -0.39 is 5.60 Å². The number of carbonyl (C=O) groups is 1. The molecule has 1 saturated heterocycles. The summed E-state index contributed by atoms with van der Waals surface area (Å²) in [5.74, 6) is 0. The summed E-state index contributed by atoms with van der Waals surface area (Å²) in [5, 5.41) is 4.65. The topological polar surface area (TPSA) is 65.8 Å². The molecule has 1 spiro atoms. The number of rotatable bonds is 3. The van der Waals surface area contributed by atoms with E-state index in [-0.39, 0.29) is 12.4 Å². The number of amides is 1. The van der Waals surface area contributed by atoms with Gasteiger partial charge in [-0.15, -0.1) is 0 Å². The standard InChI is InChI=1S/C20H25N3O4/c1-3-26-19(24)22-11-9-20(10-12-22)16-14-21-23(15-7-5-4-6-8-15)17(16)13-18(25-2)27-20/h4-8,14,18H,3,9-13H2,1-2H3. The third-order valence-electron chi connectivity index (χ3n) is 5.44. The van der Waals surface area contributed by atoms with Crippen LogP contribution in [0.2, 0.25) is 0 Å². The number of likely N-dealkylation sites (tertiary alicyclic amines) is 1. The molecule has 4 rings (SSSR count). The smallest absolute Gasteiger partial charge is 0.409 e. The van der Waals surface area contributed by atoms with Crippen LogP contribution in [-0.2, 0) is 26.2 Å². The second kappa shape index (κ2) is 7.32. The van der Waals surface area contributed by atoms with Crippen molar-refractivity contribution in [1.29, 1.82) is 0 Å². The highest BCUT2D eigenvalue weighted by atomic mass is 16.7. The largest absolute Gasteiger partial charge is 0.450 e. The fraction of sp³-hybridized carbons (Fsp3) is 0.500. The summed E-state index contributed by atoms with van der Waals surface area (Å²) in [7, 11) is 1.67. The van der Waals surface area contributed by atoms with Crippen LogP contribution in [0.1, 0.15) is 31.0 Å². The number of fused-ring (bicyclic) bond motifs is 2. The third-order valence-corrected chi connectivity index (χ3v) is 5.44. The van der Waals surface area contributed by atoms with E-state index in [4.69, 9.17) is 14.2 Å². The Morgan fingerprint density at radius 3 is 2.70 bits per heavy atom.